The van der Waals surface area contributed by atoms with Gasteiger partial charge >= 0.3 is 12.1 Å². The second-order valence-electron chi connectivity index (χ2n) is 7.93. The molecule has 168 valence electrons. The fourth-order valence-electron chi connectivity index (χ4n) is 2.56. The minimum Gasteiger partial charge on any atom is -0.480 e. The number of amides is 1. The monoisotopic (exact) mass is 442 g/mol. The number of carboxylic acids is 1. The van der Waals surface area contributed by atoms with E-state index in [0.717, 1.165) is 10.5 Å². The van der Waals surface area contributed by atoms with E-state index >= 15 is 0 Å². The highest BCUT2D eigenvalue weighted by Gasteiger charge is 2.37. The number of hydrogen-bond acceptors (Lipinski definition) is 6. The van der Waals surface area contributed by atoms with Crippen molar-refractivity contribution in [2.45, 2.75) is 55.9 Å². The van der Waals surface area contributed by atoms with Gasteiger partial charge in [0.05, 0.1) is 16.7 Å². The largest absolute Gasteiger partial charge is 0.480 e. The first-order chi connectivity index (χ1) is 13.6. The zero-order valence-corrected chi connectivity index (χ0v) is 18.6. The van der Waals surface area contributed by atoms with Gasteiger partial charge in [-0.1, -0.05) is 17.7 Å². The van der Waals surface area contributed by atoms with E-state index in [4.69, 9.17) is 16.2 Å². The number of sulfone groups is 1. The Morgan fingerprint density at radius 3 is 2.17 bits per heavy atom. The maximum absolute atomic E-state index is 13.2. The van der Waals surface area contributed by atoms with Gasteiger partial charge in [-0.25, -0.2) is 18.0 Å². The summed E-state index contributed by atoms with van der Waals surface area (Å²) in [5, 5.41) is 8.38. The molecule has 30 heavy (non-hydrogen) atoms. The standard InChI is InChI=1S/C19H30N4O6S/c1-12-6-8-13(9-7-12)30(27,28)14(11-22-17(20)21)10-15(16(24)25)23(5)18(26)29-19(2,3)4/h6-9,14-15H,10-11H2,1-5H3,(H,24,25)(H4,20,21,22)/t14?,15-/m0/s1. The number of aliphatic imine (C=N–C) groups is 1. The van der Waals surface area contributed by atoms with Gasteiger partial charge < -0.3 is 21.3 Å². The van der Waals surface area contributed by atoms with Crippen LogP contribution in [-0.4, -0.2) is 66.9 Å². The molecule has 1 rings (SSSR count). The van der Waals surface area contributed by atoms with Crippen LogP contribution < -0.4 is 11.5 Å². The lowest BCUT2D eigenvalue weighted by Gasteiger charge is -2.30. The number of rotatable bonds is 8. The quantitative estimate of drug-likeness (QED) is 0.398. The topological polar surface area (TPSA) is 165 Å². The van der Waals surface area contributed by atoms with Gasteiger partial charge in [-0.3, -0.25) is 9.89 Å². The lowest BCUT2D eigenvalue weighted by molar-refractivity contribution is -0.142. The molecule has 0 aromatic heterocycles. The third kappa shape index (κ3) is 7.21. The highest BCUT2D eigenvalue weighted by Crippen LogP contribution is 2.23. The number of ether oxygens (including phenoxy) is 1. The Morgan fingerprint density at radius 1 is 1.20 bits per heavy atom. The van der Waals surface area contributed by atoms with Crippen LogP contribution in [0.15, 0.2) is 34.2 Å². The van der Waals surface area contributed by atoms with Crippen molar-refractivity contribution in [1.29, 1.82) is 0 Å². The van der Waals surface area contributed by atoms with E-state index in [1.165, 1.54) is 19.2 Å². The molecule has 0 fully saturated rings. The van der Waals surface area contributed by atoms with Crippen molar-refractivity contribution < 1.29 is 27.9 Å². The summed E-state index contributed by atoms with van der Waals surface area (Å²) in [5.74, 6) is -1.70. The summed E-state index contributed by atoms with van der Waals surface area (Å²) in [4.78, 5) is 28.8. The van der Waals surface area contributed by atoms with E-state index in [2.05, 4.69) is 4.99 Å². The van der Waals surface area contributed by atoms with E-state index in [-0.39, 0.29) is 17.4 Å². The lowest BCUT2D eigenvalue weighted by atomic mass is 10.1. The van der Waals surface area contributed by atoms with Crippen molar-refractivity contribution in [3.05, 3.63) is 29.8 Å². The summed E-state index contributed by atoms with van der Waals surface area (Å²) in [6, 6.07) is 4.65. The van der Waals surface area contributed by atoms with Crippen molar-refractivity contribution in [2.24, 2.45) is 16.5 Å². The van der Waals surface area contributed by atoms with Gasteiger partial charge in [0.2, 0.25) is 0 Å². The first-order valence-electron chi connectivity index (χ1n) is 9.19. The van der Waals surface area contributed by atoms with Gasteiger partial charge in [0.15, 0.2) is 15.8 Å². The molecule has 1 aromatic rings. The molecule has 0 bridgehead atoms. The Morgan fingerprint density at radius 2 is 1.73 bits per heavy atom. The van der Waals surface area contributed by atoms with E-state index in [9.17, 15) is 23.1 Å². The number of aliphatic carboxylic acids is 1. The molecular formula is C19H30N4O6S. The van der Waals surface area contributed by atoms with Crippen molar-refractivity contribution in [3.8, 4) is 0 Å². The van der Waals surface area contributed by atoms with Gasteiger partial charge in [0.1, 0.15) is 11.6 Å². The average molecular weight is 443 g/mol. The predicted octanol–water partition coefficient (Wildman–Crippen LogP) is 1.12. The second-order valence-corrected chi connectivity index (χ2v) is 10.2. The zero-order valence-electron chi connectivity index (χ0n) is 17.8. The summed E-state index contributed by atoms with van der Waals surface area (Å²) < 4.78 is 31.5. The molecule has 0 saturated carbocycles. The van der Waals surface area contributed by atoms with Gasteiger partial charge in [-0.15, -0.1) is 0 Å². The van der Waals surface area contributed by atoms with Crippen LogP contribution in [0.3, 0.4) is 0 Å². The summed E-state index contributed by atoms with van der Waals surface area (Å²) in [5.41, 5.74) is 10.7. The van der Waals surface area contributed by atoms with Crippen LogP contribution in [0.1, 0.15) is 32.8 Å². The molecule has 2 atom stereocenters. The van der Waals surface area contributed by atoms with Crippen molar-refractivity contribution >= 4 is 27.9 Å². The van der Waals surface area contributed by atoms with Gasteiger partial charge in [0, 0.05) is 7.05 Å². The van der Waals surface area contributed by atoms with Crippen LogP contribution in [0, 0.1) is 6.92 Å². The number of hydrogen-bond donors (Lipinski definition) is 3. The van der Waals surface area contributed by atoms with Gasteiger partial charge in [-0.05, 0) is 46.2 Å². The molecule has 0 radical (unpaired) electrons. The highest BCUT2D eigenvalue weighted by molar-refractivity contribution is 7.92. The molecule has 0 aliphatic heterocycles. The number of guanidine groups is 1. The molecule has 0 aliphatic rings. The zero-order chi connectivity index (χ0) is 23.3. The van der Waals surface area contributed by atoms with Crippen LogP contribution in [0.5, 0.6) is 0 Å². The molecule has 0 saturated heterocycles. The molecule has 0 heterocycles. The van der Waals surface area contributed by atoms with Crippen molar-refractivity contribution in [1.82, 2.24) is 4.90 Å². The Balaban J connectivity index is 3.28. The Kier molecular flexibility index (Phi) is 8.23. The van der Waals surface area contributed by atoms with Crippen LogP contribution in [0.4, 0.5) is 4.79 Å². The maximum atomic E-state index is 13.2. The van der Waals surface area contributed by atoms with E-state index in [1.54, 1.807) is 32.9 Å². The number of nitrogens with zero attached hydrogens (tertiary/aromatic N) is 2. The number of nitrogens with two attached hydrogens (primary N) is 2. The molecular weight excluding hydrogens is 412 g/mol. The van der Waals surface area contributed by atoms with Crippen LogP contribution in [-0.2, 0) is 19.4 Å². The fourth-order valence-corrected chi connectivity index (χ4v) is 4.17. The van der Waals surface area contributed by atoms with Gasteiger partial charge in [0.25, 0.3) is 0 Å². The first kappa shape index (κ1) is 25.2. The number of aryl methyl sites for hydroxylation is 1. The third-order valence-electron chi connectivity index (χ3n) is 4.19. The summed E-state index contributed by atoms with van der Waals surface area (Å²) >= 11 is 0. The Hall–Kier alpha value is -2.82. The molecule has 0 spiro atoms. The normalized spacial score (nSPS) is 13.8. The molecule has 1 unspecified atom stereocenters. The maximum Gasteiger partial charge on any atom is 0.410 e. The molecule has 0 aliphatic carbocycles. The number of carbonyl (C=O) groups excluding carboxylic acids is 1. The SMILES string of the molecule is Cc1ccc(S(=O)(=O)C(CN=C(N)N)C[C@@H](C(=O)O)N(C)C(=O)OC(C)(C)C)cc1. The smallest absolute Gasteiger partial charge is 0.410 e. The molecule has 1 amide bonds. The number of benzene rings is 1. The molecule has 1 aromatic carbocycles. The minimum atomic E-state index is -4.00. The molecule has 5 N–H and O–H groups in total. The number of carboxylic acid groups (broad SMARTS) is 1. The van der Waals surface area contributed by atoms with E-state index < -0.39 is 45.2 Å². The number of carbonyl (C=O) groups is 2. The lowest BCUT2D eigenvalue weighted by Crippen LogP contribution is -2.47. The summed E-state index contributed by atoms with van der Waals surface area (Å²) in [6.07, 6.45) is -1.32. The van der Waals surface area contributed by atoms with E-state index in [0.29, 0.717) is 0 Å². The van der Waals surface area contributed by atoms with E-state index in [1.807, 2.05) is 6.92 Å². The third-order valence-corrected chi connectivity index (χ3v) is 6.33. The Bertz CT molecular complexity index is 887. The van der Waals surface area contributed by atoms with Crippen molar-refractivity contribution in [3.63, 3.8) is 0 Å². The first-order valence-corrected chi connectivity index (χ1v) is 10.7. The average Bonchev–Trinajstić information content (AvgIpc) is 2.59. The number of likely N-dealkylation sites (N-methyl/N-ethyl adjacent to an activating group) is 1. The fraction of sp³-hybridized carbons (Fsp3) is 0.526. The molecule has 11 heteroatoms. The van der Waals surface area contributed by atoms with Gasteiger partial charge in [-0.2, -0.15) is 0 Å². The predicted molar refractivity (Wildman–Crippen MR) is 113 cm³/mol. The second kappa shape index (κ2) is 9.79. The van der Waals surface area contributed by atoms with Crippen molar-refractivity contribution in [2.75, 3.05) is 13.6 Å². The minimum absolute atomic E-state index is 0.00736. The molecule has 10 nitrogen and oxygen atoms in total. The van der Waals surface area contributed by atoms with Crippen LogP contribution in [0.25, 0.3) is 0 Å². The summed E-state index contributed by atoms with van der Waals surface area (Å²) in [6.45, 7) is 6.36. The van der Waals surface area contributed by atoms with Crippen LogP contribution in [0.2, 0.25) is 0 Å². The highest BCUT2D eigenvalue weighted by atomic mass is 32.2. The summed E-state index contributed by atoms with van der Waals surface area (Å²) in [7, 11) is -2.76. The Labute approximate surface area is 176 Å². The van der Waals surface area contributed by atoms with Crippen LogP contribution >= 0.6 is 0 Å².